The third-order valence-electron chi connectivity index (χ3n) is 3.79. The number of hydrogen-bond donors (Lipinski definition) is 1. The summed E-state index contributed by atoms with van der Waals surface area (Å²) in [6.07, 6.45) is 2.78. The summed E-state index contributed by atoms with van der Waals surface area (Å²) in [5, 5.41) is 10.8. The smallest absolute Gasteiger partial charge is 0.220 e. The topological polar surface area (TPSA) is 76.9 Å². The van der Waals surface area contributed by atoms with Crippen molar-refractivity contribution >= 4 is 23.0 Å². The van der Waals surface area contributed by atoms with Crippen LogP contribution in [0.5, 0.6) is 0 Å². The maximum absolute atomic E-state index is 12.2. The van der Waals surface area contributed by atoms with Gasteiger partial charge in [-0.2, -0.15) is 0 Å². The van der Waals surface area contributed by atoms with Crippen molar-refractivity contribution in [3.63, 3.8) is 0 Å². The zero-order valence-corrected chi connectivity index (χ0v) is 15.4. The number of hydrogen-bond acceptors (Lipinski definition) is 5. The van der Waals surface area contributed by atoms with Gasteiger partial charge in [-0.05, 0) is 33.8 Å². The first-order chi connectivity index (χ1) is 11.4. The fraction of sp³-hybridized carbons (Fsp3) is 0.529. The van der Waals surface area contributed by atoms with Gasteiger partial charge in [0.15, 0.2) is 5.78 Å². The molecule has 0 spiro atoms. The van der Waals surface area contributed by atoms with E-state index in [0.717, 1.165) is 21.1 Å². The SMILES string of the molecule is Cc1cc(C(=O)CCC(=O)NCCc2nncn2C(C)C)c(C)s1. The average molecular weight is 348 g/mol. The lowest BCUT2D eigenvalue weighted by molar-refractivity contribution is -0.121. The summed E-state index contributed by atoms with van der Waals surface area (Å²) < 4.78 is 1.98. The quantitative estimate of drug-likeness (QED) is 0.744. The largest absolute Gasteiger partial charge is 0.356 e. The first-order valence-electron chi connectivity index (χ1n) is 8.13. The van der Waals surface area contributed by atoms with Gasteiger partial charge in [0.05, 0.1) is 0 Å². The molecule has 1 amide bonds. The number of Topliss-reactive ketones (excluding diaryl/α,β-unsaturated/α-hetero) is 1. The minimum absolute atomic E-state index is 0.0338. The lowest BCUT2D eigenvalue weighted by Gasteiger charge is -2.10. The molecule has 2 heterocycles. The van der Waals surface area contributed by atoms with Crippen molar-refractivity contribution in [3.05, 3.63) is 33.5 Å². The highest BCUT2D eigenvalue weighted by atomic mass is 32.1. The van der Waals surface area contributed by atoms with Crippen LogP contribution in [0.3, 0.4) is 0 Å². The van der Waals surface area contributed by atoms with Gasteiger partial charge in [0.25, 0.3) is 0 Å². The van der Waals surface area contributed by atoms with Gasteiger partial charge < -0.3 is 9.88 Å². The summed E-state index contributed by atoms with van der Waals surface area (Å²) in [5.41, 5.74) is 0.746. The van der Waals surface area contributed by atoms with Crippen LogP contribution in [0, 0.1) is 13.8 Å². The summed E-state index contributed by atoms with van der Waals surface area (Å²) in [7, 11) is 0. The number of aromatic nitrogens is 3. The molecule has 1 N–H and O–H groups in total. The maximum Gasteiger partial charge on any atom is 0.220 e. The Balaban J connectivity index is 1.74. The van der Waals surface area contributed by atoms with Crippen molar-refractivity contribution in [3.8, 4) is 0 Å². The zero-order chi connectivity index (χ0) is 17.7. The number of carbonyl (C=O) groups is 2. The first-order valence-corrected chi connectivity index (χ1v) is 8.95. The molecule has 130 valence electrons. The average Bonchev–Trinajstić information content (AvgIpc) is 3.11. The maximum atomic E-state index is 12.2. The monoisotopic (exact) mass is 348 g/mol. The third-order valence-corrected chi connectivity index (χ3v) is 4.76. The number of amides is 1. The molecule has 2 aromatic rings. The van der Waals surface area contributed by atoms with Gasteiger partial charge in [-0.3, -0.25) is 9.59 Å². The van der Waals surface area contributed by atoms with E-state index < -0.39 is 0 Å². The van der Waals surface area contributed by atoms with Crippen LogP contribution in [0.1, 0.15) is 58.7 Å². The molecule has 0 radical (unpaired) electrons. The molecule has 0 aromatic carbocycles. The Morgan fingerprint density at radius 1 is 1.29 bits per heavy atom. The molecular weight excluding hydrogens is 324 g/mol. The number of thiophene rings is 1. The minimum Gasteiger partial charge on any atom is -0.356 e. The molecule has 0 saturated heterocycles. The van der Waals surface area contributed by atoms with Crippen LogP contribution < -0.4 is 5.32 Å². The molecule has 0 atom stereocenters. The summed E-state index contributed by atoms with van der Waals surface area (Å²) in [5.74, 6) is 0.779. The Hall–Kier alpha value is -2.02. The Bertz CT molecular complexity index is 718. The molecule has 6 nitrogen and oxygen atoms in total. The van der Waals surface area contributed by atoms with Crippen LogP contribution in [-0.4, -0.2) is 33.0 Å². The molecule has 0 unspecified atom stereocenters. The van der Waals surface area contributed by atoms with Gasteiger partial charge in [0, 0.05) is 47.2 Å². The van der Waals surface area contributed by atoms with E-state index in [-0.39, 0.29) is 24.5 Å². The lowest BCUT2D eigenvalue weighted by atomic mass is 10.1. The summed E-state index contributed by atoms with van der Waals surface area (Å²) in [6, 6.07) is 2.19. The molecule has 0 bridgehead atoms. The van der Waals surface area contributed by atoms with E-state index in [1.54, 1.807) is 17.7 Å². The Morgan fingerprint density at radius 2 is 2.04 bits per heavy atom. The van der Waals surface area contributed by atoms with E-state index in [0.29, 0.717) is 19.0 Å². The van der Waals surface area contributed by atoms with Gasteiger partial charge in [-0.25, -0.2) is 0 Å². The summed E-state index contributed by atoms with van der Waals surface area (Å²) in [4.78, 5) is 26.2. The van der Waals surface area contributed by atoms with Crippen molar-refractivity contribution in [2.45, 2.75) is 53.0 Å². The molecule has 7 heteroatoms. The van der Waals surface area contributed by atoms with Gasteiger partial charge in [-0.1, -0.05) is 0 Å². The van der Waals surface area contributed by atoms with Crippen molar-refractivity contribution < 1.29 is 9.59 Å². The van der Waals surface area contributed by atoms with E-state index in [4.69, 9.17) is 0 Å². The number of ketones is 1. The molecule has 0 aliphatic heterocycles. The highest BCUT2D eigenvalue weighted by Gasteiger charge is 2.14. The van der Waals surface area contributed by atoms with E-state index in [2.05, 4.69) is 29.4 Å². The van der Waals surface area contributed by atoms with Crippen LogP contribution in [0.4, 0.5) is 0 Å². The molecule has 24 heavy (non-hydrogen) atoms. The van der Waals surface area contributed by atoms with E-state index in [1.165, 1.54) is 0 Å². The highest BCUT2D eigenvalue weighted by molar-refractivity contribution is 7.12. The second kappa shape index (κ2) is 8.19. The van der Waals surface area contributed by atoms with Crippen LogP contribution >= 0.6 is 11.3 Å². The van der Waals surface area contributed by atoms with E-state index in [1.807, 2.05) is 24.5 Å². The molecule has 0 saturated carbocycles. The van der Waals surface area contributed by atoms with Crippen LogP contribution in [0.25, 0.3) is 0 Å². The highest BCUT2D eigenvalue weighted by Crippen LogP contribution is 2.22. The van der Waals surface area contributed by atoms with Gasteiger partial charge in [0.1, 0.15) is 12.2 Å². The van der Waals surface area contributed by atoms with Crippen LogP contribution in [0.2, 0.25) is 0 Å². The number of rotatable bonds is 8. The molecule has 2 rings (SSSR count). The number of aryl methyl sites for hydroxylation is 2. The number of carbonyl (C=O) groups excluding carboxylic acids is 2. The van der Waals surface area contributed by atoms with Crippen molar-refractivity contribution in [2.75, 3.05) is 6.54 Å². The third kappa shape index (κ3) is 4.74. The normalized spacial score (nSPS) is 11.0. The lowest BCUT2D eigenvalue weighted by Crippen LogP contribution is -2.27. The minimum atomic E-state index is -0.108. The molecule has 2 aromatic heterocycles. The summed E-state index contributed by atoms with van der Waals surface area (Å²) >= 11 is 1.61. The van der Waals surface area contributed by atoms with Gasteiger partial charge in [-0.15, -0.1) is 21.5 Å². The Kier molecular flexibility index (Phi) is 6.25. The molecule has 0 aliphatic carbocycles. The predicted octanol–water partition coefficient (Wildman–Crippen LogP) is 2.86. The Labute approximate surface area is 146 Å². The second-order valence-corrected chi connectivity index (χ2v) is 7.56. The van der Waals surface area contributed by atoms with Gasteiger partial charge in [0.2, 0.25) is 5.91 Å². The fourth-order valence-electron chi connectivity index (χ4n) is 2.55. The van der Waals surface area contributed by atoms with Gasteiger partial charge >= 0.3 is 0 Å². The number of nitrogens with one attached hydrogen (secondary N) is 1. The molecule has 0 aliphatic rings. The predicted molar refractivity (Wildman–Crippen MR) is 94.5 cm³/mol. The van der Waals surface area contributed by atoms with Crippen molar-refractivity contribution in [2.24, 2.45) is 0 Å². The molecule has 0 fully saturated rings. The van der Waals surface area contributed by atoms with Crippen LogP contribution in [0.15, 0.2) is 12.4 Å². The van der Waals surface area contributed by atoms with E-state index >= 15 is 0 Å². The fourth-order valence-corrected chi connectivity index (χ4v) is 3.49. The van der Waals surface area contributed by atoms with Crippen molar-refractivity contribution in [1.82, 2.24) is 20.1 Å². The van der Waals surface area contributed by atoms with Crippen molar-refractivity contribution in [1.29, 1.82) is 0 Å². The van der Waals surface area contributed by atoms with Crippen LogP contribution in [-0.2, 0) is 11.2 Å². The second-order valence-electron chi connectivity index (χ2n) is 6.10. The zero-order valence-electron chi connectivity index (χ0n) is 14.6. The first kappa shape index (κ1) is 18.3. The standard InChI is InChI=1S/C17H24N4O2S/c1-11(2)21-10-19-20-16(21)7-8-18-17(23)6-5-15(22)14-9-12(3)24-13(14)4/h9-11H,5-8H2,1-4H3,(H,18,23). The number of nitrogens with zero attached hydrogens (tertiary/aromatic N) is 3. The molecular formula is C17H24N4O2S. The summed E-state index contributed by atoms with van der Waals surface area (Å²) in [6.45, 7) is 8.54. The van der Waals surface area contributed by atoms with E-state index in [9.17, 15) is 9.59 Å². The Morgan fingerprint density at radius 3 is 2.67 bits per heavy atom.